The van der Waals surface area contributed by atoms with Crippen molar-refractivity contribution in [1.29, 1.82) is 0 Å². The van der Waals surface area contributed by atoms with E-state index >= 15 is 0 Å². The van der Waals surface area contributed by atoms with Gasteiger partial charge in [0.05, 0.1) is 16.3 Å². The Kier molecular flexibility index (Phi) is 8.97. The van der Waals surface area contributed by atoms with Crippen molar-refractivity contribution in [2.45, 2.75) is 13.5 Å². The zero-order valence-electron chi connectivity index (χ0n) is 13.9. The highest BCUT2D eigenvalue weighted by atomic mass is 35.5. The molecule has 0 saturated heterocycles. The van der Waals surface area contributed by atoms with Crippen LogP contribution in [-0.2, 0) is 11.4 Å². The molecule has 0 fully saturated rings. The number of hydrogen-bond donors (Lipinski definition) is 3. The number of hydrogen-bond acceptors (Lipinski definition) is 4. The van der Waals surface area contributed by atoms with Crippen LogP contribution in [0.5, 0.6) is 5.75 Å². The number of halogens is 2. The smallest absolute Gasteiger partial charge is 0.300 e. The number of carboxylic acids is 1. The van der Waals surface area contributed by atoms with Gasteiger partial charge >= 0.3 is 0 Å². The summed E-state index contributed by atoms with van der Waals surface area (Å²) in [5, 5.41) is 15.4. The maximum Gasteiger partial charge on any atom is 0.300 e. The maximum atomic E-state index is 9.00. The van der Waals surface area contributed by atoms with E-state index in [4.69, 9.17) is 49.3 Å². The summed E-state index contributed by atoms with van der Waals surface area (Å²) in [6, 6.07) is 13.1. The van der Waals surface area contributed by atoms with Gasteiger partial charge in [0.1, 0.15) is 12.4 Å². The van der Waals surface area contributed by atoms with Crippen LogP contribution in [0.4, 0.5) is 0 Å². The molecule has 0 aliphatic heterocycles. The minimum atomic E-state index is -0.833. The first kappa shape index (κ1) is 21.3. The van der Waals surface area contributed by atoms with Gasteiger partial charge in [-0.15, -0.1) is 5.10 Å². The van der Waals surface area contributed by atoms with Crippen LogP contribution in [0.1, 0.15) is 18.1 Å². The van der Waals surface area contributed by atoms with Crippen molar-refractivity contribution in [3.8, 4) is 5.75 Å². The third kappa shape index (κ3) is 8.36. The van der Waals surface area contributed by atoms with E-state index in [0.717, 1.165) is 12.5 Å². The molecule has 2 rings (SSSR count). The Balaban J connectivity index is 0.000000765. The van der Waals surface area contributed by atoms with Crippen LogP contribution in [0.15, 0.2) is 52.7 Å². The first-order valence-corrected chi connectivity index (χ1v) is 8.02. The van der Waals surface area contributed by atoms with Gasteiger partial charge in [-0.3, -0.25) is 4.79 Å². The van der Waals surface area contributed by atoms with Crippen LogP contribution in [0.25, 0.3) is 0 Å². The van der Waals surface area contributed by atoms with Gasteiger partial charge < -0.3 is 21.3 Å². The molecule has 2 aromatic rings. The molecule has 5 N–H and O–H groups in total. The molecular formula is C17H18Cl2N4O3. The summed E-state index contributed by atoms with van der Waals surface area (Å²) >= 11 is 12.3. The fraction of sp³-hybridized carbons (Fsp3) is 0.118. The number of guanidine groups is 1. The molecule has 0 spiro atoms. The standard InChI is InChI=1S/C15H14Cl2N4O.C2H4O2/c16-13-6-11(22-9-10-4-2-1-3-5-10)7-14(17)12(13)8-20-21-15(18)19;1-2(3)4/h1-8H,9H2,(H4,18,19,21);1H3,(H,3,4). The number of nitrogens with zero attached hydrogens (tertiary/aromatic N) is 2. The van der Waals surface area contributed by atoms with Crippen LogP contribution in [-0.4, -0.2) is 23.2 Å². The highest BCUT2D eigenvalue weighted by molar-refractivity contribution is 6.38. The van der Waals surface area contributed by atoms with Gasteiger partial charge in [0.2, 0.25) is 5.96 Å². The lowest BCUT2D eigenvalue weighted by Crippen LogP contribution is -2.21. The Hall–Kier alpha value is -2.77. The van der Waals surface area contributed by atoms with Crippen molar-refractivity contribution in [1.82, 2.24) is 0 Å². The largest absolute Gasteiger partial charge is 0.489 e. The van der Waals surface area contributed by atoms with E-state index in [1.165, 1.54) is 6.21 Å². The zero-order chi connectivity index (χ0) is 19.5. The maximum absolute atomic E-state index is 9.00. The molecule has 0 saturated carbocycles. The summed E-state index contributed by atoms with van der Waals surface area (Å²) in [5.74, 6) is -0.413. The van der Waals surface area contributed by atoms with Crippen molar-refractivity contribution in [2.75, 3.05) is 0 Å². The molecule has 7 nitrogen and oxygen atoms in total. The molecule has 2 aromatic carbocycles. The quantitative estimate of drug-likeness (QED) is 0.406. The lowest BCUT2D eigenvalue weighted by Gasteiger charge is -2.09. The average Bonchev–Trinajstić information content (AvgIpc) is 2.55. The second-order valence-corrected chi connectivity index (χ2v) is 5.68. The number of carboxylic acid groups (broad SMARTS) is 1. The predicted octanol–water partition coefficient (Wildman–Crippen LogP) is 3.27. The topological polar surface area (TPSA) is 123 Å². The lowest BCUT2D eigenvalue weighted by molar-refractivity contribution is -0.134. The van der Waals surface area contributed by atoms with Crippen molar-refractivity contribution >= 4 is 41.3 Å². The molecule has 0 aliphatic carbocycles. The van der Waals surface area contributed by atoms with Crippen LogP contribution >= 0.6 is 23.2 Å². The van der Waals surface area contributed by atoms with Crippen molar-refractivity contribution in [2.24, 2.45) is 21.7 Å². The fourth-order valence-electron chi connectivity index (χ4n) is 1.66. The lowest BCUT2D eigenvalue weighted by atomic mass is 10.2. The summed E-state index contributed by atoms with van der Waals surface area (Å²) in [6.45, 7) is 1.51. The molecule has 0 atom stereocenters. The van der Waals surface area contributed by atoms with E-state index in [1.807, 2.05) is 30.3 Å². The average molecular weight is 397 g/mol. The first-order valence-electron chi connectivity index (χ1n) is 7.27. The fourth-order valence-corrected chi connectivity index (χ4v) is 2.23. The highest BCUT2D eigenvalue weighted by Crippen LogP contribution is 2.29. The van der Waals surface area contributed by atoms with Gasteiger partial charge in [-0.1, -0.05) is 53.5 Å². The molecule has 0 heterocycles. The summed E-state index contributed by atoms with van der Waals surface area (Å²) in [7, 11) is 0. The van der Waals surface area contributed by atoms with E-state index < -0.39 is 5.97 Å². The van der Waals surface area contributed by atoms with Crippen LogP contribution in [0.2, 0.25) is 10.0 Å². The summed E-state index contributed by atoms with van der Waals surface area (Å²) in [5.41, 5.74) is 11.9. The van der Waals surface area contributed by atoms with Gasteiger partial charge in [-0.2, -0.15) is 5.10 Å². The number of ether oxygens (including phenoxy) is 1. The van der Waals surface area contributed by atoms with E-state index in [9.17, 15) is 0 Å². The van der Waals surface area contributed by atoms with Crippen LogP contribution < -0.4 is 16.2 Å². The summed E-state index contributed by atoms with van der Waals surface area (Å²) in [6.07, 6.45) is 1.38. The molecule has 0 amide bonds. The number of rotatable bonds is 5. The molecule has 0 bridgehead atoms. The number of aliphatic carboxylic acids is 1. The Morgan fingerprint density at radius 1 is 1.19 bits per heavy atom. The van der Waals surface area contributed by atoms with Gasteiger partial charge in [0.15, 0.2) is 0 Å². The third-order valence-corrected chi connectivity index (χ3v) is 3.29. The van der Waals surface area contributed by atoms with E-state index in [0.29, 0.717) is 28.0 Å². The van der Waals surface area contributed by atoms with Crippen LogP contribution in [0, 0.1) is 0 Å². The molecule has 26 heavy (non-hydrogen) atoms. The second kappa shape index (κ2) is 11.0. The predicted molar refractivity (Wildman–Crippen MR) is 104 cm³/mol. The zero-order valence-corrected chi connectivity index (χ0v) is 15.4. The molecule has 0 unspecified atom stereocenters. The monoisotopic (exact) mass is 396 g/mol. The third-order valence-electron chi connectivity index (χ3n) is 2.66. The normalized spacial score (nSPS) is 9.96. The minimum Gasteiger partial charge on any atom is -0.489 e. The van der Waals surface area contributed by atoms with E-state index in [1.54, 1.807) is 12.1 Å². The molecular weight excluding hydrogens is 379 g/mol. The van der Waals surface area contributed by atoms with E-state index in [2.05, 4.69) is 10.2 Å². The molecule has 0 aliphatic rings. The molecule has 0 aromatic heterocycles. The van der Waals surface area contributed by atoms with Gasteiger partial charge in [0, 0.05) is 12.5 Å². The number of benzene rings is 2. The summed E-state index contributed by atoms with van der Waals surface area (Å²) in [4.78, 5) is 9.00. The Morgan fingerprint density at radius 2 is 1.73 bits per heavy atom. The van der Waals surface area contributed by atoms with Gasteiger partial charge in [-0.25, -0.2) is 0 Å². The summed E-state index contributed by atoms with van der Waals surface area (Å²) < 4.78 is 5.67. The molecule has 0 radical (unpaired) electrons. The molecule has 9 heteroatoms. The first-order chi connectivity index (χ1) is 12.3. The Bertz CT molecular complexity index is 765. The highest BCUT2D eigenvalue weighted by Gasteiger charge is 2.07. The Morgan fingerprint density at radius 3 is 2.23 bits per heavy atom. The van der Waals surface area contributed by atoms with Gasteiger partial charge in [-0.05, 0) is 17.7 Å². The van der Waals surface area contributed by atoms with Crippen molar-refractivity contribution in [3.05, 3.63) is 63.6 Å². The number of nitrogens with two attached hydrogens (primary N) is 2. The SMILES string of the molecule is CC(=O)O.NC(N)=NN=Cc1c(Cl)cc(OCc2ccccc2)cc1Cl. The number of carbonyl (C=O) groups is 1. The Labute approximate surface area is 160 Å². The van der Waals surface area contributed by atoms with Crippen LogP contribution in [0.3, 0.4) is 0 Å². The van der Waals surface area contributed by atoms with Crippen molar-refractivity contribution < 1.29 is 14.6 Å². The second-order valence-electron chi connectivity index (χ2n) is 4.86. The van der Waals surface area contributed by atoms with Gasteiger partial charge in [0.25, 0.3) is 5.97 Å². The van der Waals surface area contributed by atoms with E-state index in [-0.39, 0.29) is 5.96 Å². The minimum absolute atomic E-state index is 0.147. The van der Waals surface area contributed by atoms with Crippen molar-refractivity contribution in [3.63, 3.8) is 0 Å². The molecule has 138 valence electrons.